The van der Waals surface area contributed by atoms with Crippen LogP contribution in [0.4, 0.5) is 0 Å². The Labute approximate surface area is 129 Å². The standard InChI is InChI=1S/C11H10N8O2S/c1-3-8-7(6-21-10-12-4-5-22-10)9(14-15-13-8)19-11(20)18(2)16-17-19/h3-5H,1,6H2,2H3/i4T. The lowest BCUT2D eigenvalue weighted by Gasteiger charge is -2.08. The van der Waals surface area contributed by atoms with Gasteiger partial charge in [0.25, 0.3) is 5.19 Å². The van der Waals surface area contributed by atoms with Gasteiger partial charge in [-0.2, -0.15) is 4.68 Å². The van der Waals surface area contributed by atoms with Gasteiger partial charge in [0.2, 0.25) is 0 Å². The number of aromatic nitrogens is 8. The van der Waals surface area contributed by atoms with Crippen molar-refractivity contribution in [1.82, 2.24) is 40.2 Å². The normalized spacial score (nSPS) is 11.2. The first kappa shape index (κ1) is 12.8. The van der Waals surface area contributed by atoms with Gasteiger partial charge in [-0.1, -0.05) is 17.9 Å². The third-order valence-electron chi connectivity index (χ3n) is 2.69. The van der Waals surface area contributed by atoms with Gasteiger partial charge < -0.3 is 4.74 Å². The number of hydrogen-bond donors (Lipinski definition) is 0. The number of thiazole rings is 1. The number of nitrogens with zero attached hydrogens (tertiary/aromatic N) is 8. The molecule has 0 aliphatic carbocycles. The molecule has 0 unspecified atom stereocenters. The summed E-state index contributed by atoms with van der Waals surface area (Å²) in [7, 11) is 1.47. The van der Waals surface area contributed by atoms with Crippen LogP contribution < -0.4 is 10.4 Å². The summed E-state index contributed by atoms with van der Waals surface area (Å²) < 4.78 is 15.0. The summed E-state index contributed by atoms with van der Waals surface area (Å²) in [5.41, 5.74) is 0.374. The lowest BCUT2D eigenvalue weighted by molar-refractivity contribution is 0.301. The first-order valence-corrected chi connectivity index (χ1v) is 6.87. The predicted octanol–water partition coefficient (Wildman–Crippen LogP) is -0.171. The Morgan fingerprint density at radius 1 is 1.50 bits per heavy atom. The Balaban J connectivity index is 2.01. The highest BCUT2D eigenvalue weighted by Crippen LogP contribution is 2.19. The zero-order valence-electron chi connectivity index (χ0n) is 12.4. The minimum atomic E-state index is -0.482. The molecule has 112 valence electrons. The Hall–Kier alpha value is -2.95. The average molecular weight is 320 g/mol. The summed E-state index contributed by atoms with van der Waals surface area (Å²) in [6, 6.07) is 0. The Kier molecular flexibility index (Phi) is 3.37. The van der Waals surface area contributed by atoms with Crippen molar-refractivity contribution in [3.8, 4) is 11.0 Å². The molecular weight excluding hydrogens is 308 g/mol. The van der Waals surface area contributed by atoms with Crippen molar-refractivity contribution in [3.05, 3.63) is 39.9 Å². The predicted molar refractivity (Wildman–Crippen MR) is 76.5 cm³/mol. The SMILES string of the molecule is [3H]c1csc(OCc2c(C=C)nnnc2-n2nnn(C)c2=O)n1. The van der Waals surface area contributed by atoms with Gasteiger partial charge in [-0.15, -0.1) is 14.9 Å². The highest BCUT2D eigenvalue weighted by atomic mass is 32.1. The first-order valence-electron chi connectivity index (χ1n) is 6.49. The van der Waals surface area contributed by atoms with E-state index < -0.39 is 5.69 Å². The molecular formula is C11H10N8O2S. The monoisotopic (exact) mass is 320 g/mol. The Morgan fingerprint density at radius 3 is 3.00 bits per heavy atom. The second-order valence-corrected chi connectivity index (χ2v) is 4.83. The van der Waals surface area contributed by atoms with Gasteiger partial charge in [-0.25, -0.2) is 9.78 Å². The number of hydrogen-bond acceptors (Lipinski definition) is 9. The van der Waals surface area contributed by atoms with Crippen molar-refractivity contribution < 1.29 is 6.11 Å². The number of rotatable bonds is 5. The van der Waals surface area contributed by atoms with Crippen molar-refractivity contribution >= 4 is 17.4 Å². The zero-order valence-corrected chi connectivity index (χ0v) is 12.2. The van der Waals surface area contributed by atoms with E-state index in [2.05, 4.69) is 37.4 Å². The summed E-state index contributed by atoms with van der Waals surface area (Å²) in [5.74, 6) is 0.149. The van der Waals surface area contributed by atoms with Crippen LogP contribution in [0.25, 0.3) is 11.9 Å². The van der Waals surface area contributed by atoms with Crippen LogP contribution in [-0.2, 0) is 13.7 Å². The maximum Gasteiger partial charge on any atom is 0.369 e. The van der Waals surface area contributed by atoms with Crippen molar-refractivity contribution in [2.24, 2.45) is 7.05 Å². The quantitative estimate of drug-likeness (QED) is 0.636. The third-order valence-corrected chi connectivity index (χ3v) is 3.33. The molecule has 0 aliphatic heterocycles. The van der Waals surface area contributed by atoms with E-state index in [1.165, 1.54) is 24.5 Å². The van der Waals surface area contributed by atoms with Gasteiger partial charge in [0.05, 0.1) is 12.6 Å². The number of ether oxygens (including phenoxy) is 1. The van der Waals surface area contributed by atoms with E-state index in [1.54, 1.807) is 5.38 Å². The van der Waals surface area contributed by atoms with Crippen LogP contribution in [0.3, 0.4) is 0 Å². The molecule has 3 heterocycles. The van der Waals surface area contributed by atoms with Gasteiger partial charge in [0.15, 0.2) is 5.82 Å². The van der Waals surface area contributed by atoms with Gasteiger partial charge in [-0.05, 0) is 21.7 Å². The van der Waals surface area contributed by atoms with Crippen LogP contribution in [0.2, 0.25) is 0 Å². The minimum absolute atomic E-state index is 0.00910. The fourth-order valence-corrected chi connectivity index (χ4v) is 2.09. The van der Waals surface area contributed by atoms with E-state index in [1.807, 2.05) is 0 Å². The summed E-state index contributed by atoms with van der Waals surface area (Å²) in [4.78, 5) is 15.9. The number of aryl methyl sites for hydroxylation is 1. The summed E-state index contributed by atoms with van der Waals surface area (Å²) >= 11 is 1.19. The molecule has 0 saturated carbocycles. The van der Waals surface area contributed by atoms with Gasteiger partial charge in [0, 0.05) is 18.6 Å². The highest BCUT2D eigenvalue weighted by Gasteiger charge is 2.18. The largest absolute Gasteiger partial charge is 0.465 e. The lowest BCUT2D eigenvalue weighted by Crippen LogP contribution is -2.25. The molecule has 10 nitrogen and oxygen atoms in total. The van der Waals surface area contributed by atoms with Crippen molar-refractivity contribution in [1.29, 1.82) is 0 Å². The van der Waals surface area contributed by atoms with E-state index in [0.717, 1.165) is 9.36 Å². The second-order valence-electron chi connectivity index (χ2n) is 4.01. The van der Waals surface area contributed by atoms with Crippen molar-refractivity contribution in [2.45, 2.75) is 6.61 Å². The van der Waals surface area contributed by atoms with Crippen LogP contribution in [0.1, 0.15) is 12.6 Å². The molecule has 11 heteroatoms. The highest BCUT2D eigenvalue weighted by molar-refractivity contribution is 7.11. The molecule has 0 N–H and O–H groups in total. The summed E-state index contributed by atoms with van der Waals surface area (Å²) in [5, 5.41) is 20.5. The minimum Gasteiger partial charge on any atom is -0.465 e. The number of tetrazole rings is 1. The zero-order chi connectivity index (χ0) is 16.4. The molecule has 3 aromatic heterocycles. The summed E-state index contributed by atoms with van der Waals surface area (Å²) in [6.45, 7) is 3.66. The van der Waals surface area contributed by atoms with Crippen LogP contribution in [0.5, 0.6) is 5.19 Å². The topological polar surface area (TPSA) is 113 Å². The second kappa shape index (κ2) is 5.81. The molecule has 0 spiro atoms. The molecule has 0 amide bonds. The smallest absolute Gasteiger partial charge is 0.369 e. The van der Waals surface area contributed by atoms with Crippen molar-refractivity contribution in [2.75, 3.05) is 0 Å². The fourth-order valence-electron chi connectivity index (χ4n) is 1.65. The molecule has 3 aromatic rings. The Morgan fingerprint density at radius 2 is 2.36 bits per heavy atom. The molecule has 0 fully saturated rings. The maximum absolute atomic E-state index is 12.0. The molecule has 0 saturated heterocycles. The van der Waals surface area contributed by atoms with Gasteiger partial charge in [-0.3, -0.25) is 0 Å². The maximum atomic E-state index is 12.0. The van der Waals surface area contributed by atoms with E-state index in [4.69, 9.17) is 6.11 Å². The van der Waals surface area contributed by atoms with Crippen LogP contribution >= 0.6 is 11.3 Å². The van der Waals surface area contributed by atoms with E-state index >= 15 is 0 Å². The van der Waals surface area contributed by atoms with Crippen molar-refractivity contribution in [3.63, 3.8) is 0 Å². The van der Waals surface area contributed by atoms with Crippen LogP contribution in [0, 0.1) is 0 Å². The summed E-state index contributed by atoms with van der Waals surface area (Å²) in [6.07, 6.45) is 1.58. The average Bonchev–Trinajstić information content (AvgIpc) is 3.11. The molecule has 3 rings (SSSR count). The van der Waals surface area contributed by atoms with Crippen LogP contribution in [-0.4, -0.2) is 40.2 Å². The molecule has 0 bridgehead atoms. The molecule has 0 aliphatic rings. The van der Waals surface area contributed by atoms with Gasteiger partial charge in [0.1, 0.15) is 6.61 Å². The first-order chi connectivity index (χ1) is 11.1. The molecule has 0 aromatic carbocycles. The van der Waals surface area contributed by atoms with E-state index in [9.17, 15) is 4.79 Å². The third kappa shape index (κ3) is 2.48. The molecule has 0 atom stereocenters. The Bertz CT molecular complexity index is 917. The van der Waals surface area contributed by atoms with E-state index in [-0.39, 0.29) is 18.6 Å². The van der Waals surface area contributed by atoms with E-state index in [0.29, 0.717) is 16.5 Å². The molecule has 0 radical (unpaired) electrons. The van der Waals surface area contributed by atoms with Gasteiger partial charge >= 0.3 is 5.69 Å². The lowest BCUT2D eigenvalue weighted by atomic mass is 10.2. The van der Waals surface area contributed by atoms with Crippen LogP contribution in [0.15, 0.2) is 22.9 Å². The molecule has 22 heavy (non-hydrogen) atoms. The fraction of sp³-hybridized carbons (Fsp3) is 0.182.